The first-order valence-corrected chi connectivity index (χ1v) is 7.79. The van der Waals surface area contributed by atoms with Gasteiger partial charge in [0.1, 0.15) is 5.75 Å². The Bertz CT molecular complexity index is 466. The van der Waals surface area contributed by atoms with Gasteiger partial charge in [-0.3, -0.25) is 4.79 Å². The van der Waals surface area contributed by atoms with E-state index in [1.807, 2.05) is 50.1 Å². The van der Waals surface area contributed by atoms with Crippen molar-refractivity contribution in [2.75, 3.05) is 20.1 Å². The molecule has 1 aliphatic rings. The van der Waals surface area contributed by atoms with Gasteiger partial charge in [-0.25, -0.2) is 0 Å². The molecule has 4 heteroatoms. The van der Waals surface area contributed by atoms with Crippen LogP contribution < -0.4 is 10.1 Å². The molecule has 0 atom stereocenters. The van der Waals surface area contributed by atoms with Crippen molar-refractivity contribution >= 4 is 5.91 Å². The molecule has 0 saturated carbocycles. The number of nitrogens with one attached hydrogen (secondary N) is 1. The molecule has 0 spiro atoms. The van der Waals surface area contributed by atoms with Crippen molar-refractivity contribution in [3.8, 4) is 5.75 Å². The Morgan fingerprint density at radius 2 is 2.00 bits per heavy atom. The molecule has 0 aromatic heterocycles. The summed E-state index contributed by atoms with van der Waals surface area (Å²) < 4.78 is 5.79. The molecule has 1 N–H and O–H groups in total. The number of amides is 1. The Kier molecular flexibility index (Phi) is 5.62. The SMILES string of the molecule is CNC1CCN(C(=O)Cc2ccccc2OC(C)C)CC1. The molecule has 1 aromatic carbocycles. The number of hydrogen-bond acceptors (Lipinski definition) is 3. The van der Waals surface area contributed by atoms with Crippen molar-refractivity contribution in [3.63, 3.8) is 0 Å². The topological polar surface area (TPSA) is 41.6 Å². The Hall–Kier alpha value is -1.55. The second-order valence-corrected chi connectivity index (χ2v) is 5.89. The minimum absolute atomic E-state index is 0.118. The lowest BCUT2D eigenvalue weighted by molar-refractivity contribution is -0.131. The highest BCUT2D eigenvalue weighted by molar-refractivity contribution is 5.79. The summed E-state index contributed by atoms with van der Waals surface area (Å²) in [6.07, 6.45) is 2.61. The molecular formula is C17H26N2O2. The fourth-order valence-electron chi connectivity index (χ4n) is 2.71. The third-order valence-electron chi connectivity index (χ3n) is 3.93. The van der Waals surface area contributed by atoms with Gasteiger partial charge in [0, 0.05) is 24.7 Å². The van der Waals surface area contributed by atoms with Crippen molar-refractivity contribution in [2.45, 2.75) is 45.3 Å². The number of para-hydroxylation sites is 1. The molecule has 1 heterocycles. The summed E-state index contributed by atoms with van der Waals surface area (Å²) in [5.41, 5.74) is 0.979. The van der Waals surface area contributed by atoms with Crippen LogP contribution in [0.2, 0.25) is 0 Å². The van der Waals surface area contributed by atoms with Gasteiger partial charge in [-0.05, 0) is 39.8 Å². The van der Waals surface area contributed by atoms with E-state index in [4.69, 9.17) is 4.74 Å². The Morgan fingerprint density at radius 3 is 2.62 bits per heavy atom. The number of ether oxygens (including phenoxy) is 1. The molecule has 1 aliphatic heterocycles. The fourth-order valence-corrected chi connectivity index (χ4v) is 2.71. The molecule has 2 rings (SSSR count). The number of rotatable bonds is 5. The molecule has 0 bridgehead atoms. The summed E-state index contributed by atoms with van der Waals surface area (Å²) in [6, 6.07) is 8.38. The van der Waals surface area contributed by atoms with Crippen LogP contribution in [0.25, 0.3) is 0 Å². The summed E-state index contributed by atoms with van der Waals surface area (Å²) in [7, 11) is 1.99. The molecule has 0 aliphatic carbocycles. The summed E-state index contributed by atoms with van der Waals surface area (Å²) in [5.74, 6) is 1.02. The molecule has 0 radical (unpaired) electrons. The first-order valence-electron chi connectivity index (χ1n) is 7.79. The quantitative estimate of drug-likeness (QED) is 0.904. The monoisotopic (exact) mass is 290 g/mol. The van der Waals surface area contributed by atoms with Crippen molar-refractivity contribution < 1.29 is 9.53 Å². The predicted octanol–water partition coefficient (Wildman–Crippen LogP) is 2.23. The highest BCUT2D eigenvalue weighted by atomic mass is 16.5. The van der Waals surface area contributed by atoms with Crippen molar-refractivity contribution in [1.29, 1.82) is 0 Å². The number of carbonyl (C=O) groups excluding carboxylic acids is 1. The maximum Gasteiger partial charge on any atom is 0.227 e. The van der Waals surface area contributed by atoms with Gasteiger partial charge in [-0.1, -0.05) is 18.2 Å². The van der Waals surface area contributed by atoms with E-state index in [-0.39, 0.29) is 12.0 Å². The number of piperidine rings is 1. The molecule has 0 unspecified atom stereocenters. The number of carbonyl (C=O) groups is 1. The summed E-state index contributed by atoms with van der Waals surface area (Å²) >= 11 is 0. The number of likely N-dealkylation sites (tertiary alicyclic amines) is 1. The van der Waals surface area contributed by atoms with E-state index in [1.165, 1.54) is 0 Å². The highest BCUT2D eigenvalue weighted by Crippen LogP contribution is 2.21. The van der Waals surface area contributed by atoms with Gasteiger partial charge in [0.25, 0.3) is 0 Å². The smallest absolute Gasteiger partial charge is 0.227 e. The molecule has 21 heavy (non-hydrogen) atoms. The van der Waals surface area contributed by atoms with Crippen LogP contribution in [-0.4, -0.2) is 43.1 Å². The molecule has 1 fully saturated rings. The third-order valence-corrected chi connectivity index (χ3v) is 3.93. The standard InChI is InChI=1S/C17H26N2O2/c1-13(2)21-16-7-5-4-6-14(16)12-17(20)19-10-8-15(18-3)9-11-19/h4-7,13,15,18H,8-12H2,1-3H3. The Balaban J connectivity index is 1.97. The molecule has 116 valence electrons. The van der Waals surface area contributed by atoms with Crippen molar-refractivity contribution in [1.82, 2.24) is 10.2 Å². The minimum Gasteiger partial charge on any atom is -0.491 e. The van der Waals surface area contributed by atoms with Crippen LogP contribution in [0.1, 0.15) is 32.3 Å². The fraction of sp³-hybridized carbons (Fsp3) is 0.588. The van der Waals surface area contributed by atoms with E-state index in [0.29, 0.717) is 12.5 Å². The molecular weight excluding hydrogens is 264 g/mol. The van der Waals surface area contributed by atoms with E-state index in [0.717, 1.165) is 37.2 Å². The average molecular weight is 290 g/mol. The van der Waals surface area contributed by atoms with Gasteiger partial charge in [-0.2, -0.15) is 0 Å². The average Bonchev–Trinajstić information content (AvgIpc) is 2.49. The summed E-state index contributed by atoms with van der Waals surface area (Å²) in [4.78, 5) is 14.4. The zero-order valence-electron chi connectivity index (χ0n) is 13.3. The molecule has 4 nitrogen and oxygen atoms in total. The third kappa shape index (κ3) is 4.46. The maximum absolute atomic E-state index is 12.5. The summed E-state index contributed by atoms with van der Waals surface area (Å²) in [5, 5.41) is 3.29. The van der Waals surface area contributed by atoms with Crippen molar-refractivity contribution in [2.24, 2.45) is 0 Å². The first kappa shape index (κ1) is 15.8. The predicted molar refractivity (Wildman–Crippen MR) is 84.6 cm³/mol. The molecule has 1 aromatic rings. The van der Waals surface area contributed by atoms with Crippen LogP contribution in [0, 0.1) is 0 Å². The number of hydrogen-bond donors (Lipinski definition) is 1. The van der Waals surface area contributed by atoms with E-state index in [2.05, 4.69) is 5.32 Å². The zero-order chi connectivity index (χ0) is 15.2. The first-order chi connectivity index (χ1) is 10.1. The van der Waals surface area contributed by atoms with Gasteiger partial charge in [0.2, 0.25) is 5.91 Å². The molecule has 1 saturated heterocycles. The molecule has 1 amide bonds. The van der Waals surface area contributed by atoms with Crippen LogP contribution >= 0.6 is 0 Å². The second-order valence-electron chi connectivity index (χ2n) is 5.89. The Morgan fingerprint density at radius 1 is 1.33 bits per heavy atom. The van der Waals surface area contributed by atoms with Gasteiger partial charge in [0.15, 0.2) is 0 Å². The lowest BCUT2D eigenvalue weighted by Gasteiger charge is -2.32. The minimum atomic E-state index is 0.118. The van der Waals surface area contributed by atoms with E-state index < -0.39 is 0 Å². The Labute approximate surface area is 127 Å². The lowest BCUT2D eigenvalue weighted by atomic mass is 10.0. The van der Waals surface area contributed by atoms with Gasteiger partial charge in [-0.15, -0.1) is 0 Å². The van der Waals surface area contributed by atoms with Crippen LogP contribution in [0.3, 0.4) is 0 Å². The van der Waals surface area contributed by atoms with E-state index in [1.54, 1.807) is 0 Å². The maximum atomic E-state index is 12.5. The largest absolute Gasteiger partial charge is 0.491 e. The zero-order valence-corrected chi connectivity index (χ0v) is 13.3. The number of benzene rings is 1. The van der Waals surface area contributed by atoms with Gasteiger partial charge >= 0.3 is 0 Å². The highest BCUT2D eigenvalue weighted by Gasteiger charge is 2.22. The number of nitrogens with zero attached hydrogens (tertiary/aromatic N) is 1. The van der Waals surface area contributed by atoms with Crippen LogP contribution in [0.15, 0.2) is 24.3 Å². The lowest BCUT2D eigenvalue weighted by Crippen LogP contribution is -2.44. The van der Waals surface area contributed by atoms with Crippen LogP contribution in [-0.2, 0) is 11.2 Å². The van der Waals surface area contributed by atoms with E-state index in [9.17, 15) is 4.79 Å². The van der Waals surface area contributed by atoms with E-state index >= 15 is 0 Å². The summed E-state index contributed by atoms with van der Waals surface area (Å²) in [6.45, 7) is 5.69. The normalized spacial score (nSPS) is 16.3. The van der Waals surface area contributed by atoms with Gasteiger partial charge in [0.05, 0.1) is 12.5 Å². The van der Waals surface area contributed by atoms with Gasteiger partial charge < -0.3 is 15.0 Å². The van der Waals surface area contributed by atoms with Crippen LogP contribution in [0.5, 0.6) is 5.75 Å². The second kappa shape index (κ2) is 7.46. The van der Waals surface area contributed by atoms with Crippen LogP contribution in [0.4, 0.5) is 0 Å². The van der Waals surface area contributed by atoms with Crippen molar-refractivity contribution in [3.05, 3.63) is 29.8 Å².